The van der Waals surface area contributed by atoms with Gasteiger partial charge in [0.25, 0.3) is 0 Å². The van der Waals surface area contributed by atoms with E-state index in [0.717, 1.165) is 50.1 Å². The van der Waals surface area contributed by atoms with Gasteiger partial charge in [-0.3, -0.25) is 0 Å². The van der Waals surface area contributed by atoms with E-state index in [9.17, 15) is 0 Å². The molecule has 11 rings (SSSR count). The highest BCUT2D eigenvalue weighted by Gasteiger charge is 2.35. The maximum atomic E-state index is 5.31. The van der Waals surface area contributed by atoms with E-state index in [2.05, 4.69) is 188 Å². The molecule has 58 heavy (non-hydrogen) atoms. The Labute approximate surface area is 337 Å². The van der Waals surface area contributed by atoms with E-state index in [4.69, 9.17) is 15.0 Å². The minimum Gasteiger partial charge on any atom is -0.309 e. The average molecular weight is 743 g/mol. The lowest BCUT2D eigenvalue weighted by molar-refractivity contribution is 0.660. The fourth-order valence-electron chi connectivity index (χ4n) is 8.95. The van der Waals surface area contributed by atoms with Crippen molar-refractivity contribution < 1.29 is 0 Å². The summed E-state index contributed by atoms with van der Waals surface area (Å²) >= 11 is 0. The van der Waals surface area contributed by atoms with Crippen LogP contribution in [0.3, 0.4) is 0 Å². The third kappa shape index (κ3) is 5.48. The minimum absolute atomic E-state index is 0.124. The van der Waals surface area contributed by atoms with E-state index in [-0.39, 0.29) is 5.41 Å². The summed E-state index contributed by atoms with van der Waals surface area (Å²) in [5.74, 6) is 1.88. The first-order valence-electron chi connectivity index (χ1n) is 19.9. The third-order valence-corrected chi connectivity index (χ3v) is 11.9. The molecule has 2 aromatic heterocycles. The van der Waals surface area contributed by atoms with E-state index in [1.807, 2.05) is 24.3 Å². The number of hydrogen-bond donors (Lipinski definition) is 0. The van der Waals surface area contributed by atoms with Crippen molar-refractivity contribution in [2.75, 3.05) is 0 Å². The van der Waals surface area contributed by atoms with Crippen LogP contribution in [-0.4, -0.2) is 19.5 Å². The Morgan fingerprint density at radius 1 is 0.345 bits per heavy atom. The third-order valence-electron chi connectivity index (χ3n) is 11.9. The molecule has 4 heteroatoms. The van der Waals surface area contributed by atoms with E-state index in [1.54, 1.807) is 0 Å². The standard InChI is InChI=1S/C54H38N4/c1-54(2)47-24-14-12-22-41(47)42-31-30-40(32-48(42)54)58-49-25-15-13-23-43(49)45-33-44(37-18-8-4-9-19-37)46(34-50(45)58)53-56-51(38-20-10-5-11-21-38)55-52(57-53)39-28-26-36(27-29-39)35-16-6-3-7-17-35/h3-34H,1-2H3. The summed E-state index contributed by atoms with van der Waals surface area (Å²) in [6, 6.07) is 69.0. The molecule has 0 saturated heterocycles. The zero-order valence-electron chi connectivity index (χ0n) is 32.3. The van der Waals surface area contributed by atoms with Crippen LogP contribution in [0.15, 0.2) is 194 Å². The van der Waals surface area contributed by atoms with Gasteiger partial charge in [0.1, 0.15) is 0 Å². The highest BCUT2D eigenvalue weighted by molar-refractivity contribution is 6.12. The van der Waals surface area contributed by atoms with Crippen LogP contribution in [0.1, 0.15) is 25.0 Å². The molecule has 274 valence electrons. The predicted octanol–water partition coefficient (Wildman–Crippen LogP) is 13.6. The fourth-order valence-corrected chi connectivity index (χ4v) is 8.95. The summed E-state index contributed by atoms with van der Waals surface area (Å²) in [5.41, 5.74) is 15.9. The summed E-state index contributed by atoms with van der Waals surface area (Å²) in [6.07, 6.45) is 0. The van der Waals surface area contributed by atoms with Gasteiger partial charge in [0, 0.05) is 38.6 Å². The van der Waals surface area contributed by atoms with Gasteiger partial charge in [-0.05, 0) is 74.8 Å². The number of para-hydroxylation sites is 1. The zero-order valence-corrected chi connectivity index (χ0v) is 32.3. The molecule has 10 aromatic rings. The number of rotatable bonds is 6. The molecule has 0 aliphatic heterocycles. The maximum Gasteiger partial charge on any atom is 0.164 e. The van der Waals surface area contributed by atoms with Crippen molar-refractivity contribution in [1.82, 2.24) is 19.5 Å². The van der Waals surface area contributed by atoms with Crippen LogP contribution in [0.5, 0.6) is 0 Å². The van der Waals surface area contributed by atoms with Gasteiger partial charge in [0.2, 0.25) is 0 Å². The van der Waals surface area contributed by atoms with Crippen LogP contribution >= 0.6 is 0 Å². The molecule has 0 unspecified atom stereocenters. The molecule has 0 radical (unpaired) electrons. The molecule has 0 N–H and O–H groups in total. The normalized spacial score (nSPS) is 12.8. The van der Waals surface area contributed by atoms with Crippen molar-refractivity contribution in [2.45, 2.75) is 19.3 Å². The predicted molar refractivity (Wildman–Crippen MR) is 239 cm³/mol. The lowest BCUT2D eigenvalue weighted by Gasteiger charge is -2.22. The lowest BCUT2D eigenvalue weighted by Crippen LogP contribution is -2.15. The van der Waals surface area contributed by atoms with Gasteiger partial charge in [0.05, 0.1) is 11.0 Å². The number of benzene rings is 8. The first-order valence-corrected chi connectivity index (χ1v) is 19.9. The second-order valence-electron chi connectivity index (χ2n) is 15.6. The molecule has 0 fully saturated rings. The monoisotopic (exact) mass is 742 g/mol. The zero-order chi connectivity index (χ0) is 38.8. The molecule has 0 amide bonds. The number of hydrogen-bond acceptors (Lipinski definition) is 3. The van der Waals surface area contributed by atoms with Crippen molar-refractivity contribution in [3.8, 4) is 73.2 Å². The van der Waals surface area contributed by atoms with Crippen molar-refractivity contribution in [3.05, 3.63) is 205 Å². The SMILES string of the molecule is CC1(C)c2ccccc2-c2ccc(-n3c4ccccc4c4cc(-c5ccccc5)c(-c5nc(-c6ccccc6)nc(-c6ccc(-c7ccccc7)cc6)n5)cc43)cc21. The number of fused-ring (bicyclic) bond motifs is 6. The average Bonchev–Trinajstić information content (AvgIpc) is 3.74. The lowest BCUT2D eigenvalue weighted by atomic mass is 9.82. The summed E-state index contributed by atoms with van der Waals surface area (Å²) in [6.45, 7) is 4.69. The molecular weight excluding hydrogens is 705 g/mol. The van der Waals surface area contributed by atoms with Crippen molar-refractivity contribution in [3.63, 3.8) is 0 Å². The topological polar surface area (TPSA) is 43.6 Å². The Kier molecular flexibility index (Phi) is 7.80. The van der Waals surface area contributed by atoms with Crippen molar-refractivity contribution in [2.24, 2.45) is 0 Å². The quantitative estimate of drug-likeness (QED) is 0.170. The smallest absolute Gasteiger partial charge is 0.164 e. The Bertz CT molecular complexity index is 3160. The van der Waals surface area contributed by atoms with Crippen LogP contribution in [-0.2, 0) is 5.41 Å². The Morgan fingerprint density at radius 3 is 1.60 bits per heavy atom. The first kappa shape index (κ1) is 33.9. The van der Waals surface area contributed by atoms with Gasteiger partial charge in [-0.15, -0.1) is 0 Å². The van der Waals surface area contributed by atoms with E-state index >= 15 is 0 Å². The van der Waals surface area contributed by atoms with Crippen LogP contribution < -0.4 is 0 Å². The summed E-state index contributed by atoms with van der Waals surface area (Å²) in [4.78, 5) is 15.7. The molecule has 0 atom stereocenters. The highest BCUT2D eigenvalue weighted by Crippen LogP contribution is 2.50. The van der Waals surface area contributed by atoms with Gasteiger partial charge in [-0.25, -0.2) is 15.0 Å². The molecule has 0 bridgehead atoms. The van der Waals surface area contributed by atoms with Crippen LogP contribution in [0.4, 0.5) is 0 Å². The van der Waals surface area contributed by atoms with Crippen molar-refractivity contribution >= 4 is 21.8 Å². The second kappa shape index (κ2) is 13.4. The summed E-state index contributed by atoms with van der Waals surface area (Å²) < 4.78 is 2.42. The van der Waals surface area contributed by atoms with E-state index < -0.39 is 0 Å². The van der Waals surface area contributed by atoms with Crippen LogP contribution in [0.25, 0.3) is 95.0 Å². The Morgan fingerprint density at radius 2 is 0.879 bits per heavy atom. The van der Waals surface area contributed by atoms with E-state index in [1.165, 1.54) is 38.6 Å². The molecule has 0 saturated carbocycles. The Balaban J connectivity index is 1.16. The maximum absolute atomic E-state index is 5.31. The van der Waals surface area contributed by atoms with Gasteiger partial charge in [-0.1, -0.05) is 178 Å². The minimum atomic E-state index is -0.124. The van der Waals surface area contributed by atoms with E-state index in [0.29, 0.717) is 17.5 Å². The van der Waals surface area contributed by atoms with Gasteiger partial charge in [0.15, 0.2) is 17.5 Å². The van der Waals surface area contributed by atoms with Crippen molar-refractivity contribution in [1.29, 1.82) is 0 Å². The highest BCUT2D eigenvalue weighted by atomic mass is 15.0. The molecule has 4 nitrogen and oxygen atoms in total. The number of nitrogens with zero attached hydrogens (tertiary/aromatic N) is 4. The van der Waals surface area contributed by atoms with Gasteiger partial charge >= 0.3 is 0 Å². The van der Waals surface area contributed by atoms with Crippen LogP contribution in [0, 0.1) is 0 Å². The second-order valence-corrected chi connectivity index (χ2v) is 15.6. The summed E-state index contributed by atoms with van der Waals surface area (Å²) in [5, 5.41) is 2.37. The van der Waals surface area contributed by atoms with Gasteiger partial charge < -0.3 is 4.57 Å². The molecule has 1 aliphatic carbocycles. The fraction of sp³-hybridized carbons (Fsp3) is 0.0556. The first-order chi connectivity index (χ1) is 28.5. The number of aromatic nitrogens is 4. The van der Waals surface area contributed by atoms with Crippen LogP contribution in [0.2, 0.25) is 0 Å². The Hall–Kier alpha value is -7.43. The molecule has 2 heterocycles. The van der Waals surface area contributed by atoms with Gasteiger partial charge in [-0.2, -0.15) is 0 Å². The molecule has 0 spiro atoms. The molecule has 8 aromatic carbocycles. The molecular formula is C54H38N4. The molecule has 1 aliphatic rings. The summed E-state index contributed by atoms with van der Waals surface area (Å²) in [7, 11) is 0. The largest absolute Gasteiger partial charge is 0.309 e.